The zero-order chi connectivity index (χ0) is 13.4. The Morgan fingerprint density at radius 1 is 1.28 bits per heavy atom. The van der Waals surface area contributed by atoms with Crippen LogP contribution < -0.4 is 10.6 Å². The normalized spacial score (nSPS) is 11.9. The van der Waals surface area contributed by atoms with E-state index in [9.17, 15) is 9.90 Å². The summed E-state index contributed by atoms with van der Waals surface area (Å²) in [5.41, 5.74) is 1.90. The summed E-state index contributed by atoms with van der Waals surface area (Å²) in [4.78, 5) is 11.4. The van der Waals surface area contributed by atoms with Crippen molar-refractivity contribution in [3.05, 3.63) is 35.4 Å². The van der Waals surface area contributed by atoms with Gasteiger partial charge in [0, 0.05) is 13.1 Å². The van der Waals surface area contributed by atoms with Gasteiger partial charge in [0.1, 0.15) is 0 Å². The second-order valence-corrected chi connectivity index (χ2v) is 4.38. The monoisotopic (exact) mass is 250 g/mol. The number of urea groups is 1. The molecule has 0 aromatic heterocycles. The number of unbranched alkanes of at least 4 members (excludes halogenated alkanes) is 1. The summed E-state index contributed by atoms with van der Waals surface area (Å²) in [6.07, 6.45) is 1.61. The predicted octanol–water partition coefficient (Wildman–Crippen LogP) is 2.34. The summed E-state index contributed by atoms with van der Waals surface area (Å²) < 4.78 is 0. The van der Waals surface area contributed by atoms with Gasteiger partial charge < -0.3 is 15.7 Å². The third-order valence-electron chi connectivity index (χ3n) is 2.73. The van der Waals surface area contributed by atoms with E-state index < -0.39 is 6.10 Å². The van der Waals surface area contributed by atoms with Crippen molar-refractivity contribution in [3.8, 4) is 0 Å². The molecule has 3 N–H and O–H groups in total. The van der Waals surface area contributed by atoms with Gasteiger partial charge in [0.15, 0.2) is 0 Å². The number of hydrogen-bond acceptors (Lipinski definition) is 2. The van der Waals surface area contributed by atoms with E-state index >= 15 is 0 Å². The second kappa shape index (κ2) is 7.71. The van der Waals surface area contributed by atoms with Crippen molar-refractivity contribution in [1.82, 2.24) is 10.6 Å². The van der Waals surface area contributed by atoms with Crippen LogP contribution in [0, 0.1) is 0 Å². The fourth-order valence-electron chi connectivity index (χ4n) is 1.54. The molecular formula is C14H22N2O2. The van der Waals surface area contributed by atoms with E-state index in [0.717, 1.165) is 24.0 Å². The molecule has 0 saturated heterocycles. The van der Waals surface area contributed by atoms with Gasteiger partial charge in [-0.05, 0) is 24.5 Å². The summed E-state index contributed by atoms with van der Waals surface area (Å²) in [7, 11) is 0. The summed E-state index contributed by atoms with van der Waals surface area (Å²) in [5.74, 6) is 0. The number of benzene rings is 1. The number of aliphatic hydroxyl groups excluding tert-OH is 1. The van der Waals surface area contributed by atoms with Gasteiger partial charge in [-0.15, -0.1) is 0 Å². The lowest BCUT2D eigenvalue weighted by Gasteiger charge is -2.08. The van der Waals surface area contributed by atoms with E-state index in [-0.39, 0.29) is 6.03 Å². The van der Waals surface area contributed by atoms with Crippen LogP contribution in [0.3, 0.4) is 0 Å². The number of aliphatic hydroxyl groups is 1. The van der Waals surface area contributed by atoms with E-state index in [1.165, 1.54) is 0 Å². The molecule has 1 aromatic carbocycles. The molecule has 2 amide bonds. The standard InChI is InChI=1S/C14H22N2O2/c1-3-4-9-15-14(18)16-10-12-5-7-13(8-6-12)11(2)17/h5-8,11,17H,3-4,9-10H2,1-2H3,(H2,15,16,18)/t11-/m0/s1. The molecule has 0 saturated carbocycles. The van der Waals surface area contributed by atoms with Gasteiger partial charge in [0.2, 0.25) is 0 Å². The van der Waals surface area contributed by atoms with E-state index in [4.69, 9.17) is 0 Å². The van der Waals surface area contributed by atoms with Crippen molar-refractivity contribution in [1.29, 1.82) is 0 Å². The highest BCUT2D eigenvalue weighted by Gasteiger charge is 2.02. The lowest BCUT2D eigenvalue weighted by molar-refractivity contribution is 0.199. The summed E-state index contributed by atoms with van der Waals surface area (Å²) in [6.45, 7) is 5.03. The molecule has 0 radical (unpaired) electrons. The molecule has 0 heterocycles. The minimum Gasteiger partial charge on any atom is -0.389 e. The first-order valence-electron chi connectivity index (χ1n) is 6.42. The fourth-order valence-corrected chi connectivity index (χ4v) is 1.54. The van der Waals surface area contributed by atoms with Crippen molar-refractivity contribution in [2.75, 3.05) is 6.54 Å². The highest BCUT2D eigenvalue weighted by molar-refractivity contribution is 5.73. The van der Waals surface area contributed by atoms with E-state index in [1.54, 1.807) is 6.92 Å². The Kier molecular flexibility index (Phi) is 6.22. The maximum atomic E-state index is 11.4. The maximum absolute atomic E-state index is 11.4. The predicted molar refractivity (Wildman–Crippen MR) is 72.2 cm³/mol. The van der Waals surface area contributed by atoms with Crippen LogP contribution in [0.25, 0.3) is 0 Å². The van der Waals surface area contributed by atoms with Gasteiger partial charge in [0.25, 0.3) is 0 Å². The van der Waals surface area contributed by atoms with Crippen LogP contribution in [0.2, 0.25) is 0 Å². The third-order valence-corrected chi connectivity index (χ3v) is 2.73. The largest absolute Gasteiger partial charge is 0.389 e. The molecule has 0 unspecified atom stereocenters. The zero-order valence-corrected chi connectivity index (χ0v) is 11.1. The maximum Gasteiger partial charge on any atom is 0.315 e. The van der Waals surface area contributed by atoms with Gasteiger partial charge in [-0.3, -0.25) is 0 Å². The van der Waals surface area contributed by atoms with Crippen molar-refractivity contribution in [2.45, 2.75) is 39.3 Å². The third kappa shape index (κ3) is 5.19. The summed E-state index contributed by atoms with van der Waals surface area (Å²) in [6, 6.07) is 7.43. The first-order valence-corrected chi connectivity index (χ1v) is 6.42. The van der Waals surface area contributed by atoms with Gasteiger partial charge >= 0.3 is 6.03 Å². The molecule has 1 aromatic rings. The molecule has 4 nitrogen and oxygen atoms in total. The molecule has 0 bridgehead atoms. The van der Waals surface area contributed by atoms with Crippen LogP contribution >= 0.6 is 0 Å². The van der Waals surface area contributed by atoms with Gasteiger partial charge in [-0.2, -0.15) is 0 Å². The van der Waals surface area contributed by atoms with Crippen LogP contribution in [0.1, 0.15) is 43.9 Å². The average molecular weight is 250 g/mol. The smallest absolute Gasteiger partial charge is 0.315 e. The molecule has 4 heteroatoms. The molecule has 0 aliphatic rings. The highest BCUT2D eigenvalue weighted by Crippen LogP contribution is 2.12. The summed E-state index contributed by atoms with van der Waals surface area (Å²) >= 11 is 0. The molecule has 0 aliphatic carbocycles. The minimum absolute atomic E-state index is 0.136. The molecule has 1 atom stereocenters. The lowest BCUT2D eigenvalue weighted by Crippen LogP contribution is -2.35. The molecule has 1 rings (SSSR count). The topological polar surface area (TPSA) is 61.4 Å². The Balaban J connectivity index is 2.32. The van der Waals surface area contributed by atoms with Crippen LogP contribution in [-0.2, 0) is 6.54 Å². The minimum atomic E-state index is -0.454. The van der Waals surface area contributed by atoms with Crippen LogP contribution in [0.15, 0.2) is 24.3 Å². The Morgan fingerprint density at radius 2 is 1.94 bits per heavy atom. The average Bonchev–Trinajstić information content (AvgIpc) is 2.37. The van der Waals surface area contributed by atoms with Crippen LogP contribution in [0.5, 0.6) is 0 Å². The first-order chi connectivity index (χ1) is 8.63. The van der Waals surface area contributed by atoms with E-state index in [1.807, 2.05) is 24.3 Å². The molecular weight excluding hydrogens is 228 g/mol. The molecule has 18 heavy (non-hydrogen) atoms. The van der Waals surface area contributed by atoms with Crippen LogP contribution in [0.4, 0.5) is 4.79 Å². The van der Waals surface area contributed by atoms with E-state index in [0.29, 0.717) is 13.1 Å². The fraction of sp³-hybridized carbons (Fsp3) is 0.500. The number of nitrogens with one attached hydrogen (secondary N) is 2. The van der Waals surface area contributed by atoms with Gasteiger partial charge in [0.05, 0.1) is 6.10 Å². The van der Waals surface area contributed by atoms with Crippen molar-refractivity contribution >= 4 is 6.03 Å². The van der Waals surface area contributed by atoms with E-state index in [2.05, 4.69) is 17.6 Å². The number of carbonyl (C=O) groups excluding carboxylic acids is 1. The Bertz CT molecular complexity index is 361. The number of hydrogen-bond donors (Lipinski definition) is 3. The second-order valence-electron chi connectivity index (χ2n) is 4.38. The quantitative estimate of drug-likeness (QED) is 0.679. The molecule has 0 fully saturated rings. The zero-order valence-electron chi connectivity index (χ0n) is 11.1. The Labute approximate surface area is 108 Å². The number of rotatable bonds is 6. The van der Waals surface area contributed by atoms with Gasteiger partial charge in [-0.1, -0.05) is 37.6 Å². The molecule has 100 valence electrons. The Hall–Kier alpha value is -1.55. The first kappa shape index (κ1) is 14.5. The van der Waals surface area contributed by atoms with Crippen molar-refractivity contribution in [3.63, 3.8) is 0 Å². The SMILES string of the molecule is CCCCNC(=O)NCc1ccc([C@H](C)O)cc1. The van der Waals surface area contributed by atoms with Crippen molar-refractivity contribution in [2.24, 2.45) is 0 Å². The highest BCUT2D eigenvalue weighted by atomic mass is 16.3. The van der Waals surface area contributed by atoms with Gasteiger partial charge in [-0.25, -0.2) is 4.79 Å². The number of carbonyl (C=O) groups is 1. The Morgan fingerprint density at radius 3 is 2.50 bits per heavy atom. The molecule has 0 spiro atoms. The summed E-state index contributed by atoms with van der Waals surface area (Å²) in [5, 5.41) is 15.0. The van der Waals surface area contributed by atoms with Crippen molar-refractivity contribution < 1.29 is 9.90 Å². The lowest BCUT2D eigenvalue weighted by atomic mass is 10.1. The number of amides is 2. The van der Waals surface area contributed by atoms with Crippen LogP contribution in [-0.4, -0.2) is 17.7 Å². The molecule has 0 aliphatic heterocycles.